The van der Waals surface area contributed by atoms with E-state index in [1.165, 1.54) is 18.4 Å². The van der Waals surface area contributed by atoms with E-state index in [1.54, 1.807) is 0 Å². The van der Waals surface area contributed by atoms with Gasteiger partial charge in [0.05, 0.1) is 6.20 Å². The van der Waals surface area contributed by atoms with Gasteiger partial charge in [-0.15, -0.1) is 0 Å². The van der Waals surface area contributed by atoms with Gasteiger partial charge in [0.2, 0.25) is 0 Å². The molecule has 1 N–H and O–H groups in total. The summed E-state index contributed by atoms with van der Waals surface area (Å²) in [6, 6.07) is 8.71. The van der Waals surface area contributed by atoms with Crippen molar-refractivity contribution in [2.75, 3.05) is 31.6 Å². The molecule has 1 fully saturated rings. The third-order valence-corrected chi connectivity index (χ3v) is 5.40. The van der Waals surface area contributed by atoms with E-state index in [-0.39, 0.29) is 0 Å². The minimum absolute atomic E-state index is 0.424. The molecular weight excluding hydrogens is 326 g/mol. The average Bonchev–Trinajstić information content (AvgIpc) is 3.06. The van der Waals surface area contributed by atoms with Crippen molar-refractivity contribution in [2.45, 2.75) is 25.8 Å². The van der Waals surface area contributed by atoms with Gasteiger partial charge in [-0.05, 0) is 55.6 Å². The number of aryl methyl sites for hydroxylation is 1. The second kappa shape index (κ2) is 6.29. The van der Waals surface area contributed by atoms with E-state index in [9.17, 15) is 0 Å². The highest BCUT2D eigenvalue weighted by molar-refractivity contribution is 5.80. The summed E-state index contributed by atoms with van der Waals surface area (Å²) in [7, 11) is 0. The lowest BCUT2D eigenvalue weighted by atomic mass is 10.0. The van der Waals surface area contributed by atoms with E-state index in [4.69, 9.17) is 9.72 Å². The number of benzene rings is 1. The van der Waals surface area contributed by atoms with Gasteiger partial charge >= 0.3 is 0 Å². The molecule has 2 aromatic heterocycles. The van der Waals surface area contributed by atoms with Gasteiger partial charge in [0.15, 0.2) is 5.65 Å². The van der Waals surface area contributed by atoms with Crippen molar-refractivity contribution in [3.05, 3.63) is 42.2 Å². The number of aromatic nitrogens is 3. The second-order valence-electron chi connectivity index (χ2n) is 7.25. The third kappa shape index (κ3) is 2.80. The summed E-state index contributed by atoms with van der Waals surface area (Å²) < 4.78 is 7.90. The molecule has 3 aromatic rings. The smallest absolute Gasteiger partial charge is 0.165 e. The van der Waals surface area contributed by atoms with Crippen LogP contribution in [0.2, 0.25) is 0 Å². The largest absolute Gasteiger partial charge is 0.492 e. The Labute approximate surface area is 152 Å². The lowest BCUT2D eigenvalue weighted by Gasteiger charge is -2.33. The predicted octanol–water partition coefficient (Wildman–Crippen LogP) is 2.97. The number of anilines is 1. The maximum absolute atomic E-state index is 6.06. The number of hydrogen-bond donors (Lipinski definition) is 1. The van der Waals surface area contributed by atoms with Crippen LogP contribution in [-0.2, 0) is 0 Å². The number of fused-ring (bicyclic) bond motifs is 6. The summed E-state index contributed by atoms with van der Waals surface area (Å²) in [4.78, 5) is 7.35. The fourth-order valence-electron chi connectivity index (χ4n) is 4.00. The van der Waals surface area contributed by atoms with E-state index in [0.29, 0.717) is 12.6 Å². The normalized spacial score (nSPS) is 22.5. The summed E-state index contributed by atoms with van der Waals surface area (Å²) in [6.07, 6.45) is 6.25. The molecule has 6 bridgehead atoms. The van der Waals surface area contributed by atoms with E-state index < -0.39 is 0 Å². The van der Waals surface area contributed by atoms with Crippen LogP contribution < -0.4 is 10.1 Å². The van der Waals surface area contributed by atoms with E-state index in [1.807, 2.05) is 23.0 Å². The van der Waals surface area contributed by atoms with Crippen LogP contribution in [0.4, 0.5) is 5.82 Å². The number of piperidine rings is 1. The molecule has 0 spiro atoms. The van der Waals surface area contributed by atoms with Crippen LogP contribution in [-0.4, -0.2) is 51.8 Å². The lowest BCUT2D eigenvalue weighted by Crippen LogP contribution is -2.43. The molecule has 5 rings (SSSR count). The number of rotatable bonds is 0. The maximum Gasteiger partial charge on any atom is 0.165 e. The Bertz CT molecular complexity index is 951. The van der Waals surface area contributed by atoms with Crippen molar-refractivity contribution in [2.24, 2.45) is 0 Å². The average molecular weight is 349 g/mol. The Morgan fingerprint density at radius 2 is 2.15 bits per heavy atom. The van der Waals surface area contributed by atoms with Crippen LogP contribution in [0.1, 0.15) is 18.4 Å². The molecule has 1 aromatic carbocycles. The van der Waals surface area contributed by atoms with Gasteiger partial charge < -0.3 is 10.1 Å². The summed E-state index contributed by atoms with van der Waals surface area (Å²) in [5.41, 5.74) is 4.23. The molecule has 2 atom stereocenters. The lowest BCUT2D eigenvalue weighted by molar-refractivity contribution is 0.175. The monoisotopic (exact) mass is 349 g/mol. The number of nitrogens with one attached hydrogen (secondary N) is 1. The maximum atomic E-state index is 6.06. The van der Waals surface area contributed by atoms with E-state index in [2.05, 4.69) is 40.4 Å². The van der Waals surface area contributed by atoms with Gasteiger partial charge in [-0.2, -0.15) is 5.10 Å². The minimum Gasteiger partial charge on any atom is -0.492 e. The van der Waals surface area contributed by atoms with Crippen molar-refractivity contribution in [3.63, 3.8) is 0 Å². The van der Waals surface area contributed by atoms with Crippen LogP contribution in [0.15, 0.2) is 36.7 Å². The van der Waals surface area contributed by atoms with Crippen molar-refractivity contribution in [1.82, 2.24) is 19.5 Å². The van der Waals surface area contributed by atoms with Crippen LogP contribution in [0.3, 0.4) is 0 Å². The first kappa shape index (κ1) is 15.6. The molecular formula is C20H23N5O. The highest BCUT2D eigenvalue weighted by atomic mass is 16.5. The summed E-state index contributed by atoms with van der Waals surface area (Å²) in [6.45, 7) is 5.94. The van der Waals surface area contributed by atoms with Gasteiger partial charge in [0.1, 0.15) is 18.2 Å². The zero-order valence-electron chi connectivity index (χ0n) is 15.0. The van der Waals surface area contributed by atoms with Crippen LogP contribution in [0.5, 0.6) is 5.75 Å². The fourth-order valence-corrected chi connectivity index (χ4v) is 4.00. The third-order valence-electron chi connectivity index (χ3n) is 5.40. The molecule has 1 unspecified atom stereocenters. The zero-order chi connectivity index (χ0) is 17.5. The SMILES string of the molecule is Cc1ccc2cc1-c1cnn3ccc(nc13)N[C@H]1CCCN(CCO2)C1. The van der Waals surface area contributed by atoms with Crippen molar-refractivity contribution >= 4 is 11.5 Å². The van der Waals surface area contributed by atoms with Gasteiger partial charge in [-0.25, -0.2) is 9.50 Å². The van der Waals surface area contributed by atoms with Crippen LogP contribution in [0, 0.1) is 6.92 Å². The van der Waals surface area contributed by atoms with E-state index in [0.717, 1.165) is 48.0 Å². The molecule has 0 aliphatic carbocycles. The number of hydrogen-bond acceptors (Lipinski definition) is 5. The molecule has 134 valence electrons. The van der Waals surface area contributed by atoms with Crippen molar-refractivity contribution in [1.29, 1.82) is 0 Å². The summed E-state index contributed by atoms with van der Waals surface area (Å²) in [5, 5.41) is 8.11. The fraction of sp³-hybridized carbons (Fsp3) is 0.400. The first-order chi connectivity index (χ1) is 12.8. The first-order valence-electron chi connectivity index (χ1n) is 9.33. The molecule has 2 aliphatic heterocycles. The summed E-state index contributed by atoms with van der Waals surface area (Å²) in [5.74, 6) is 1.83. The van der Waals surface area contributed by atoms with Gasteiger partial charge in [0, 0.05) is 30.9 Å². The Morgan fingerprint density at radius 1 is 1.19 bits per heavy atom. The molecule has 6 heteroatoms. The van der Waals surface area contributed by atoms with Crippen molar-refractivity contribution in [3.8, 4) is 16.9 Å². The molecule has 4 heterocycles. The Hall–Kier alpha value is -2.60. The zero-order valence-corrected chi connectivity index (χ0v) is 15.0. The van der Waals surface area contributed by atoms with Gasteiger partial charge in [-0.1, -0.05) is 6.07 Å². The molecule has 1 saturated heterocycles. The molecule has 6 nitrogen and oxygen atoms in total. The Kier molecular flexibility index (Phi) is 3.78. The highest BCUT2D eigenvalue weighted by Crippen LogP contribution is 2.31. The number of nitrogens with zero attached hydrogens (tertiary/aromatic N) is 4. The first-order valence-corrected chi connectivity index (χ1v) is 9.33. The number of ether oxygens (including phenoxy) is 1. The Balaban J connectivity index is 1.64. The molecule has 2 aliphatic rings. The topological polar surface area (TPSA) is 54.7 Å². The van der Waals surface area contributed by atoms with Crippen LogP contribution >= 0.6 is 0 Å². The predicted molar refractivity (Wildman–Crippen MR) is 102 cm³/mol. The highest BCUT2D eigenvalue weighted by Gasteiger charge is 2.21. The van der Waals surface area contributed by atoms with Crippen LogP contribution in [0.25, 0.3) is 16.8 Å². The quantitative estimate of drug-likeness (QED) is 0.676. The molecule has 0 radical (unpaired) electrons. The van der Waals surface area contributed by atoms with E-state index >= 15 is 0 Å². The minimum atomic E-state index is 0.424. The van der Waals surface area contributed by atoms with Crippen molar-refractivity contribution < 1.29 is 4.74 Å². The van der Waals surface area contributed by atoms with Gasteiger partial charge in [-0.3, -0.25) is 4.90 Å². The molecule has 26 heavy (non-hydrogen) atoms. The standard InChI is InChI=1S/C20H23N5O/c1-14-4-5-16-11-17(14)18-12-21-25-8-6-19(23-20(18)25)22-15-3-2-7-24(13-15)9-10-26-16/h4-6,8,11-12,15H,2-3,7,9-10,13H2,1H3,(H,22,23)/t15-/m0/s1. The van der Waals surface area contributed by atoms with Gasteiger partial charge in [0.25, 0.3) is 0 Å². The second-order valence-corrected chi connectivity index (χ2v) is 7.25. The molecule has 0 saturated carbocycles. The Morgan fingerprint density at radius 3 is 3.12 bits per heavy atom. The molecule has 0 amide bonds. The summed E-state index contributed by atoms with van der Waals surface area (Å²) >= 11 is 0.